The van der Waals surface area contributed by atoms with Gasteiger partial charge in [-0.3, -0.25) is 4.79 Å². The molecule has 0 aliphatic carbocycles. The first-order chi connectivity index (χ1) is 10.3. The molecule has 114 valence electrons. The Morgan fingerprint density at radius 2 is 1.90 bits per heavy atom. The van der Waals surface area contributed by atoms with Gasteiger partial charge in [0.2, 0.25) is 0 Å². The van der Waals surface area contributed by atoms with Crippen LogP contribution in [0.5, 0.6) is 0 Å². The van der Waals surface area contributed by atoms with Crippen LogP contribution in [-0.4, -0.2) is 15.3 Å². The van der Waals surface area contributed by atoms with Crippen LogP contribution in [0.25, 0.3) is 11.0 Å². The van der Waals surface area contributed by atoms with E-state index in [0.717, 1.165) is 42.7 Å². The smallest absolute Gasteiger partial charge is 0.140 e. The van der Waals surface area contributed by atoms with Gasteiger partial charge in [-0.15, -0.1) is 0 Å². The zero-order valence-electron chi connectivity index (χ0n) is 13.3. The minimum Gasteiger partial charge on any atom is -0.328 e. The van der Waals surface area contributed by atoms with Gasteiger partial charge in [0.1, 0.15) is 11.6 Å². The van der Waals surface area contributed by atoms with Crippen molar-refractivity contribution in [3.8, 4) is 0 Å². The molecule has 3 heteroatoms. The summed E-state index contributed by atoms with van der Waals surface area (Å²) in [6, 6.07) is 8.15. The van der Waals surface area contributed by atoms with Crippen LogP contribution < -0.4 is 0 Å². The van der Waals surface area contributed by atoms with Crippen LogP contribution in [0.2, 0.25) is 0 Å². The molecule has 1 aromatic heterocycles. The molecule has 0 atom stereocenters. The fourth-order valence-electron chi connectivity index (χ4n) is 2.75. The maximum atomic E-state index is 12.2. The number of para-hydroxylation sites is 2. The predicted octanol–water partition coefficient (Wildman–Crippen LogP) is 4.53. The molecule has 0 saturated carbocycles. The number of nitrogens with zero attached hydrogens (tertiary/aromatic N) is 2. The molecular formula is C18H26N2O. The number of ketones is 1. The number of unbranched alkanes of at least 4 members (excludes halogenated alkanes) is 3. The fraction of sp³-hybridized carbons (Fsp3) is 0.556. The van der Waals surface area contributed by atoms with Crippen LogP contribution in [-0.2, 0) is 17.8 Å². The van der Waals surface area contributed by atoms with Gasteiger partial charge in [-0.05, 0) is 25.0 Å². The van der Waals surface area contributed by atoms with E-state index in [2.05, 4.69) is 29.5 Å². The Labute approximate surface area is 127 Å². The number of imidazole rings is 1. The van der Waals surface area contributed by atoms with E-state index in [1.54, 1.807) is 0 Å². The van der Waals surface area contributed by atoms with E-state index < -0.39 is 0 Å². The molecule has 0 bridgehead atoms. The van der Waals surface area contributed by atoms with E-state index in [9.17, 15) is 4.79 Å². The van der Waals surface area contributed by atoms with Crippen molar-refractivity contribution in [1.29, 1.82) is 0 Å². The molecule has 2 rings (SSSR count). The van der Waals surface area contributed by atoms with Gasteiger partial charge >= 0.3 is 0 Å². The Morgan fingerprint density at radius 1 is 1.10 bits per heavy atom. The van der Waals surface area contributed by atoms with Crippen LogP contribution in [0.3, 0.4) is 0 Å². The third-order valence-electron chi connectivity index (χ3n) is 3.85. The van der Waals surface area contributed by atoms with Crippen molar-refractivity contribution in [2.24, 2.45) is 0 Å². The normalized spacial score (nSPS) is 11.1. The van der Waals surface area contributed by atoms with Gasteiger partial charge in [0, 0.05) is 13.0 Å². The number of carbonyl (C=O) groups excluding carboxylic acids is 1. The number of carbonyl (C=O) groups is 1. The van der Waals surface area contributed by atoms with Crippen molar-refractivity contribution >= 4 is 16.8 Å². The van der Waals surface area contributed by atoms with Crippen LogP contribution in [0.4, 0.5) is 0 Å². The van der Waals surface area contributed by atoms with Crippen molar-refractivity contribution in [1.82, 2.24) is 9.55 Å². The highest BCUT2D eigenvalue weighted by Crippen LogP contribution is 2.18. The van der Waals surface area contributed by atoms with Crippen molar-refractivity contribution in [3.63, 3.8) is 0 Å². The Morgan fingerprint density at radius 3 is 2.67 bits per heavy atom. The van der Waals surface area contributed by atoms with Crippen LogP contribution in [0.15, 0.2) is 24.3 Å². The Kier molecular flexibility index (Phi) is 5.97. The second kappa shape index (κ2) is 7.96. The molecule has 0 N–H and O–H groups in total. The standard InChI is InChI=1S/C18H26N2O/c1-3-5-6-7-10-15(21)14-18-19-16-11-8-9-12-17(16)20(18)13-4-2/h8-9,11-12H,3-7,10,13-14H2,1-2H3. The van der Waals surface area contributed by atoms with E-state index in [1.165, 1.54) is 12.8 Å². The molecule has 0 saturated heterocycles. The summed E-state index contributed by atoms with van der Waals surface area (Å²) in [5.41, 5.74) is 2.15. The summed E-state index contributed by atoms with van der Waals surface area (Å²) in [7, 11) is 0. The highest BCUT2D eigenvalue weighted by molar-refractivity contribution is 5.82. The molecule has 0 spiro atoms. The van der Waals surface area contributed by atoms with Crippen molar-refractivity contribution in [2.45, 2.75) is 65.3 Å². The Hall–Kier alpha value is -1.64. The van der Waals surface area contributed by atoms with Crippen molar-refractivity contribution in [2.75, 3.05) is 0 Å². The third-order valence-corrected chi connectivity index (χ3v) is 3.85. The average molecular weight is 286 g/mol. The van der Waals surface area contributed by atoms with Crippen molar-refractivity contribution < 1.29 is 4.79 Å². The number of Topliss-reactive ketones (excluding diaryl/α,β-unsaturated/α-hetero) is 1. The summed E-state index contributed by atoms with van der Waals surface area (Å²) < 4.78 is 2.21. The molecule has 1 heterocycles. The van der Waals surface area contributed by atoms with Gasteiger partial charge in [0.15, 0.2) is 0 Å². The number of hydrogen-bond donors (Lipinski definition) is 0. The summed E-state index contributed by atoms with van der Waals surface area (Å²) in [5.74, 6) is 1.25. The van der Waals surface area contributed by atoms with Gasteiger partial charge in [0.05, 0.1) is 17.5 Å². The van der Waals surface area contributed by atoms with Crippen LogP contribution in [0, 0.1) is 0 Å². The molecule has 1 aromatic carbocycles. The van der Waals surface area contributed by atoms with E-state index >= 15 is 0 Å². The van der Waals surface area contributed by atoms with E-state index in [4.69, 9.17) is 0 Å². The monoisotopic (exact) mass is 286 g/mol. The summed E-state index contributed by atoms with van der Waals surface area (Å²) in [4.78, 5) is 16.8. The number of aryl methyl sites for hydroxylation is 1. The minimum absolute atomic E-state index is 0.318. The highest BCUT2D eigenvalue weighted by atomic mass is 16.1. The lowest BCUT2D eigenvalue weighted by atomic mass is 10.1. The molecule has 0 aliphatic heterocycles. The minimum atomic E-state index is 0.318. The maximum Gasteiger partial charge on any atom is 0.140 e. The fourth-order valence-corrected chi connectivity index (χ4v) is 2.75. The lowest BCUT2D eigenvalue weighted by Gasteiger charge is -2.07. The number of benzene rings is 1. The average Bonchev–Trinajstić information content (AvgIpc) is 2.82. The molecule has 0 amide bonds. The first kappa shape index (κ1) is 15.7. The van der Waals surface area contributed by atoms with Crippen LogP contribution in [0.1, 0.15) is 58.2 Å². The Balaban J connectivity index is 2.06. The Bertz CT molecular complexity index is 586. The van der Waals surface area contributed by atoms with Gasteiger partial charge in [-0.25, -0.2) is 4.98 Å². The second-order valence-electron chi connectivity index (χ2n) is 5.69. The molecular weight excluding hydrogens is 260 g/mol. The van der Waals surface area contributed by atoms with Crippen molar-refractivity contribution in [3.05, 3.63) is 30.1 Å². The summed E-state index contributed by atoms with van der Waals surface area (Å²) in [6.07, 6.45) is 6.82. The highest BCUT2D eigenvalue weighted by Gasteiger charge is 2.13. The molecule has 3 nitrogen and oxygen atoms in total. The summed E-state index contributed by atoms with van der Waals surface area (Å²) in [6.45, 7) is 5.28. The quantitative estimate of drug-likeness (QED) is 0.635. The van der Waals surface area contributed by atoms with Gasteiger partial charge in [-0.1, -0.05) is 45.2 Å². The molecule has 21 heavy (non-hydrogen) atoms. The second-order valence-corrected chi connectivity index (χ2v) is 5.69. The molecule has 0 unspecified atom stereocenters. The summed E-state index contributed by atoms with van der Waals surface area (Å²) in [5, 5.41) is 0. The predicted molar refractivity (Wildman–Crippen MR) is 87.5 cm³/mol. The lowest BCUT2D eigenvalue weighted by Crippen LogP contribution is -2.10. The zero-order chi connectivity index (χ0) is 15.1. The third kappa shape index (κ3) is 4.16. The SMILES string of the molecule is CCCCCCC(=O)Cc1nc2ccccc2n1CCC. The number of hydrogen-bond acceptors (Lipinski definition) is 2. The molecule has 0 aliphatic rings. The van der Waals surface area contributed by atoms with E-state index in [0.29, 0.717) is 18.6 Å². The topological polar surface area (TPSA) is 34.9 Å². The van der Waals surface area contributed by atoms with E-state index in [1.807, 2.05) is 18.2 Å². The summed E-state index contributed by atoms with van der Waals surface area (Å²) >= 11 is 0. The zero-order valence-corrected chi connectivity index (χ0v) is 13.3. The molecule has 0 fully saturated rings. The number of aromatic nitrogens is 2. The largest absolute Gasteiger partial charge is 0.328 e. The molecule has 0 radical (unpaired) electrons. The lowest BCUT2D eigenvalue weighted by molar-refractivity contribution is -0.118. The number of fused-ring (bicyclic) bond motifs is 1. The molecule has 2 aromatic rings. The first-order valence-corrected chi connectivity index (χ1v) is 8.22. The van der Waals surface area contributed by atoms with Gasteiger partial charge < -0.3 is 4.57 Å². The maximum absolute atomic E-state index is 12.2. The van der Waals surface area contributed by atoms with E-state index in [-0.39, 0.29) is 0 Å². The first-order valence-electron chi connectivity index (χ1n) is 8.22. The van der Waals surface area contributed by atoms with Crippen LogP contribution >= 0.6 is 0 Å². The van der Waals surface area contributed by atoms with Gasteiger partial charge in [-0.2, -0.15) is 0 Å². The number of rotatable bonds is 9. The van der Waals surface area contributed by atoms with Gasteiger partial charge in [0.25, 0.3) is 0 Å².